The molecule has 0 unspecified atom stereocenters. The Morgan fingerprint density at radius 2 is 0.769 bits per heavy atom. The normalized spacial score (nSPS) is 12.9. The average Bonchev–Trinajstić information content (AvgIpc) is 2.88. The van der Waals surface area contributed by atoms with Crippen LogP contribution >= 0.6 is 0 Å². The third-order valence-corrected chi connectivity index (χ3v) is 11.1. The van der Waals surface area contributed by atoms with Gasteiger partial charge in [-0.05, 0) is 174 Å². The van der Waals surface area contributed by atoms with Crippen LogP contribution in [0.15, 0.2) is 0 Å². The number of hydrogen-bond donors (Lipinski definition) is 0. The van der Waals surface area contributed by atoms with Gasteiger partial charge in [-0.15, -0.1) is 0 Å². The Labute approximate surface area is 249 Å². The zero-order valence-corrected chi connectivity index (χ0v) is 29.7. The van der Waals surface area contributed by atoms with E-state index in [1.54, 1.807) is 0 Å². The van der Waals surface area contributed by atoms with E-state index in [-0.39, 0.29) is 0 Å². The summed E-state index contributed by atoms with van der Waals surface area (Å²) < 4.78 is 6.36. The summed E-state index contributed by atoms with van der Waals surface area (Å²) in [5.74, 6) is 0. The smallest absolute Gasteiger partial charge is 0.186 e. The Morgan fingerprint density at radius 3 is 1.03 bits per heavy atom. The molecule has 0 rings (SSSR count). The molecule has 0 aromatic carbocycles. The summed E-state index contributed by atoms with van der Waals surface area (Å²) in [6.07, 6.45) is 17.3. The maximum Gasteiger partial charge on any atom is 0.186 e. The minimum atomic E-state index is -1.60. The molecule has 4 nitrogen and oxygen atoms in total. The highest BCUT2D eigenvalue weighted by Crippen LogP contribution is 2.42. The first kappa shape index (κ1) is 39.1. The minimum absolute atomic E-state index is 0.472. The fourth-order valence-electron chi connectivity index (χ4n) is 6.72. The third kappa shape index (κ3) is 19.7. The molecular formula is C34H75N3OSi. The summed E-state index contributed by atoms with van der Waals surface area (Å²) in [5, 5.41) is 0. The van der Waals surface area contributed by atoms with E-state index in [1.165, 1.54) is 148 Å². The lowest BCUT2D eigenvalue weighted by atomic mass is 9.73. The highest BCUT2D eigenvalue weighted by molar-refractivity contribution is 6.71. The van der Waals surface area contributed by atoms with Crippen molar-refractivity contribution < 1.29 is 4.43 Å². The molecule has 0 saturated heterocycles. The molecule has 0 radical (unpaired) electrons. The standard InChI is InChI=1S/C34H75N3OSi/c1-10-24-35(25-11-2)30-17-20-34(23-33-39(8,9)38-16-7,21-18-31-36(26-12-3)27-13-4)22-19-32-37(28-14-5)29-15-6/h10-33H2,1-9H3. The zero-order valence-electron chi connectivity index (χ0n) is 28.7. The van der Waals surface area contributed by atoms with E-state index < -0.39 is 8.32 Å². The van der Waals surface area contributed by atoms with Crippen molar-refractivity contribution in [3.63, 3.8) is 0 Å². The van der Waals surface area contributed by atoms with Crippen LogP contribution in [-0.4, -0.2) is 88.5 Å². The minimum Gasteiger partial charge on any atom is -0.418 e. The molecule has 0 aliphatic heterocycles. The van der Waals surface area contributed by atoms with Crippen LogP contribution in [0.1, 0.15) is 132 Å². The van der Waals surface area contributed by atoms with Crippen molar-refractivity contribution in [3.05, 3.63) is 0 Å². The van der Waals surface area contributed by atoms with Crippen LogP contribution in [0, 0.1) is 5.41 Å². The summed E-state index contributed by atoms with van der Waals surface area (Å²) in [6, 6.07) is 1.32. The molecule has 236 valence electrons. The van der Waals surface area contributed by atoms with Crippen LogP contribution in [0.2, 0.25) is 19.1 Å². The van der Waals surface area contributed by atoms with Crippen LogP contribution in [0.5, 0.6) is 0 Å². The first-order valence-corrected chi connectivity index (χ1v) is 20.7. The van der Waals surface area contributed by atoms with E-state index in [4.69, 9.17) is 4.43 Å². The first-order chi connectivity index (χ1) is 18.7. The average molecular weight is 570 g/mol. The number of nitrogens with zero attached hydrogens (tertiary/aromatic N) is 3. The number of hydrogen-bond acceptors (Lipinski definition) is 4. The Morgan fingerprint density at radius 1 is 0.462 bits per heavy atom. The predicted octanol–water partition coefficient (Wildman–Crippen LogP) is 9.31. The largest absolute Gasteiger partial charge is 0.418 e. The Hall–Kier alpha value is 0.0569. The van der Waals surface area contributed by atoms with Gasteiger partial charge in [0.2, 0.25) is 0 Å². The zero-order chi connectivity index (χ0) is 29.4. The van der Waals surface area contributed by atoms with Crippen LogP contribution in [-0.2, 0) is 4.43 Å². The molecule has 39 heavy (non-hydrogen) atoms. The molecule has 0 aromatic heterocycles. The molecule has 0 atom stereocenters. The predicted molar refractivity (Wildman–Crippen MR) is 180 cm³/mol. The molecule has 0 fully saturated rings. The fraction of sp³-hybridized carbons (Fsp3) is 1.00. The van der Waals surface area contributed by atoms with Crippen molar-refractivity contribution in [1.29, 1.82) is 0 Å². The van der Waals surface area contributed by atoms with E-state index in [9.17, 15) is 0 Å². The SMILES string of the molecule is CCCN(CCC)CCCC(CCCN(CCC)CCC)(CCCN(CCC)CCC)CC[Si](C)(C)OCC. The second-order valence-corrected chi connectivity index (χ2v) is 17.3. The van der Waals surface area contributed by atoms with Crippen LogP contribution in [0.25, 0.3) is 0 Å². The molecule has 0 bridgehead atoms. The van der Waals surface area contributed by atoms with Gasteiger partial charge in [0.25, 0.3) is 0 Å². The van der Waals surface area contributed by atoms with E-state index in [0.717, 1.165) is 6.61 Å². The van der Waals surface area contributed by atoms with Gasteiger partial charge in [-0.25, -0.2) is 0 Å². The lowest BCUT2D eigenvalue weighted by molar-refractivity contribution is 0.150. The summed E-state index contributed by atoms with van der Waals surface area (Å²) in [7, 11) is -1.60. The summed E-state index contributed by atoms with van der Waals surface area (Å²) in [4.78, 5) is 8.20. The van der Waals surface area contributed by atoms with Gasteiger partial charge in [0.05, 0.1) is 0 Å². The van der Waals surface area contributed by atoms with Crippen molar-refractivity contribution in [2.75, 3.05) is 65.5 Å². The van der Waals surface area contributed by atoms with E-state index in [2.05, 4.69) is 76.3 Å². The Bertz CT molecular complexity index is 458. The van der Waals surface area contributed by atoms with Gasteiger partial charge >= 0.3 is 0 Å². The fourth-order valence-corrected chi connectivity index (χ4v) is 8.77. The first-order valence-electron chi connectivity index (χ1n) is 17.6. The van der Waals surface area contributed by atoms with Crippen LogP contribution < -0.4 is 0 Å². The molecule has 0 aromatic rings. The van der Waals surface area contributed by atoms with Crippen molar-refractivity contribution >= 4 is 8.32 Å². The van der Waals surface area contributed by atoms with Gasteiger partial charge in [-0.1, -0.05) is 41.5 Å². The van der Waals surface area contributed by atoms with Gasteiger partial charge in [0.15, 0.2) is 8.32 Å². The maximum atomic E-state index is 6.36. The van der Waals surface area contributed by atoms with Crippen molar-refractivity contribution in [3.8, 4) is 0 Å². The molecule has 0 saturated carbocycles. The monoisotopic (exact) mass is 570 g/mol. The Balaban J connectivity index is 5.73. The van der Waals surface area contributed by atoms with Crippen LogP contribution in [0.4, 0.5) is 0 Å². The second kappa shape index (κ2) is 24.6. The highest BCUT2D eigenvalue weighted by Gasteiger charge is 2.33. The van der Waals surface area contributed by atoms with Gasteiger partial charge < -0.3 is 19.1 Å². The van der Waals surface area contributed by atoms with Crippen molar-refractivity contribution in [2.24, 2.45) is 5.41 Å². The maximum absolute atomic E-state index is 6.36. The highest BCUT2D eigenvalue weighted by atomic mass is 28.4. The van der Waals surface area contributed by atoms with Gasteiger partial charge in [-0.2, -0.15) is 0 Å². The van der Waals surface area contributed by atoms with E-state index >= 15 is 0 Å². The number of rotatable bonds is 29. The second-order valence-electron chi connectivity index (χ2n) is 13.0. The molecule has 0 spiro atoms. The van der Waals surface area contributed by atoms with Crippen molar-refractivity contribution in [2.45, 2.75) is 151 Å². The van der Waals surface area contributed by atoms with E-state index in [1.807, 2.05) is 0 Å². The topological polar surface area (TPSA) is 19.0 Å². The molecule has 0 N–H and O–H groups in total. The lowest BCUT2D eigenvalue weighted by Gasteiger charge is -2.38. The summed E-state index contributed by atoms with van der Waals surface area (Å²) in [5.41, 5.74) is 0.472. The summed E-state index contributed by atoms with van der Waals surface area (Å²) >= 11 is 0. The molecular weight excluding hydrogens is 494 g/mol. The Kier molecular flexibility index (Phi) is 24.7. The molecule has 5 heteroatoms. The lowest BCUT2D eigenvalue weighted by Crippen LogP contribution is -2.35. The van der Waals surface area contributed by atoms with Gasteiger partial charge in [0, 0.05) is 6.61 Å². The quantitative estimate of drug-likeness (QED) is 0.0835. The molecule has 0 heterocycles. The molecule has 0 aliphatic rings. The van der Waals surface area contributed by atoms with Gasteiger partial charge in [-0.3, -0.25) is 0 Å². The van der Waals surface area contributed by atoms with Crippen molar-refractivity contribution in [1.82, 2.24) is 14.7 Å². The van der Waals surface area contributed by atoms with Gasteiger partial charge in [0.1, 0.15) is 0 Å². The van der Waals surface area contributed by atoms with Crippen LogP contribution in [0.3, 0.4) is 0 Å². The molecule has 0 aliphatic carbocycles. The molecule has 0 amide bonds. The van der Waals surface area contributed by atoms with E-state index in [0.29, 0.717) is 5.41 Å². The summed E-state index contributed by atoms with van der Waals surface area (Å²) in [6.45, 7) is 33.4. The third-order valence-electron chi connectivity index (χ3n) is 8.58.